The fraction of sp³-hybridized carbons (Fsp3) is 0.500. The molecule has 3 rings (SSSR count). The fourth-order valence-corrected chi connectivity index (χ4v) is 2.59. The molecule has 3 heterocycles. The van der Waals surface area contributed by atoms with Gasteiger partial charge in [0.2, 0.25) is 5.89 Å². The molecule has 1 saturated heterocycles. The Hall–Kier alpha value is -2.11. The van der Waals surface area contributed by atoms with Crippen molar-refractivity contribution in [1.82, 2.24) is 15.0 Å². The van der Waals surface area contributed by atoms with Crippen molar-refractivity contribution in [3.05, 3.63) is 35.9 Å². The molecule has 106 valence electrons. The summed E-state index contributed by atoms with van der Waals surface area (Å²) in [5.41, 5.74) is 0.622. The SMILES string of the molecule is Cc1nc(CC2CCN(C(=O)c3ccoc3)CC2)no1. The van der Waals surface area contributed by atoms with Crippen LogP contribution in [0.4, 0.5) is 0 Å². The van der Waals surface area contributed by atoms with Crippen LogP contribution in [0.25, 0.3) is 0 Å². The first-order chi connectivity index (χ1) is 9.72. The van der Waals surface area contributed by atoms with Crippen molar-refractivity contribution in [2.24, 2.45) is 5.92 Å². The number of hydrogen-bond donors (Lipinski definition) is 0. The third kappa shape index (κ3) is 2.74. The third-order valence-corrected chi connectivity index (χ3v) is 3.71. The molecule has 1 fully saturated rings. The van der Waals surface area contributed by atoms with E-state index < -0.39 is 0 Å². The first-order valence-electron chi connectivity index (χ1n) is 6.83. The number of rotatable bonds is 3. The number of furan rings is 1. The van der Waals surface area contributed by atoms with Crippen molar-refractivity contribution in [2.75, 3.05) is 13.1 Å². The third-order valence-electron chi connectivity index (χ3n) is 3.71. The van der Waals surface area contributed by atoms with E-state index >= 15 is 0 Å². The first kappa shape index (κ1) is 12.9. The number of carbonyl (C=O) groups excluding carboxylic acids is 1. The van der Waals surface area contributed by atoms with Crippen molar-refractivity contribution in [3.63, 3.8) is 0 Å². The van der Waals surface area contributed by atoms with Gasteiger partial charge < -0.3 is 13.8 Å². The summed E-state index contributed by atoms with van der Waals surface area (Å²) in [4.78, 5) is 18.3. The largest absolute Gasteiger partial charge is 0.472 e. The van der Waals surface area contributed by atoms with Gasteiger partial charge in [-0.05, 0) is 24.8 Å². The Morgan fingerprint density at radius 3 is 2.85 bits per heavy atom. The van der Waals surface area contributed by atoms with Crippen LogP contribution in [-0.4, -0.2) is 34.0 Å². The van der Waals surface area contributed by atoms with Crippen LogP contribution in [0.1, 0.15) is 34.9 Å². The summed E-state index contributed by atoms with van der Waals surface area (Å²) < 4.78 is 9.93. The van der Waals surface area contributed by atoms with Gasteiger partial charge in [-0.25, -0.2) is 0 Å². The van der Waals surface area contributed by atoms with Gasteiger partial charge >= 0.3 is 0 Å². The molecule has 20 heavy (non-hydrogen) atoms. The van der Waals surface area contributed by atoms with Gasteiger partial charge in [0.25, 0.3) is 5.91 Å². The molecular weight excluding hydrogens is 258 g/mol. The average Bonchev–Trinajstić information content (AvgIpc) is 3.11. The second kappa shape index (κ2) is 5.48. The molecule has 0 atom stereocenters. The van der Waals surface area contributed by atoms with Gasteiger partial charge in [0, 0.05) is 26.4 Å². The van der Waals surface area contributed by atoms with Crippen molar-refractivity contribution >= 4 is 5.91 Å². The van der Waals surface area contributed by atoms with Gasteiger partial charge in [-0.2, -0.15) is 4.98 Å². The molecule has 6 nitrogen and oxygen atoms in total. The van der Waals surface area contributed by atoms with Gasteiger partial charge in [-0.1, -0.05) is 5.16 Å². The smallest absolute Gasteiger partial charge is 0.257 e. The molecule has 2 aromatic heterocycles. The topological polar surface area (TPSA) is 72.4 Å². The first-order valence-corrected chi connectivity index (χ1v) is 6.83. The van der Waals surface area contributed by atoms with Crippen molar-refractivity contribution in [1.29, 1.82) is 0 Å². The number of carbonyl (C=O) groups is 1. The number of amides is 1. The number of nitrogens with zero attached hydrogens (tertiary/aromatic N) is 3. The quantitative estimate of drug-likeness (QED) is 0.857. The summed E-state index contributed by atoms with van der Waals surface area (Å²) in [6, 6.07) is 1.70. The number of piperidine rings is 1. The minimum atomic E-state index is 0.0487. The number of hydrogen-bond acceptors (Lipinski definition) is 5. The molecule has 0 radical (unpaired) electrons. The van der Waals surface area contributed by atoms with E-state index in [2.05, 4.69) is 10.1 Å². The van der Waals surface area contributed by atoms with Gasteiger partial charge in [0.05, 0.1) is 11.8 Å². The molecule has 0 spiro atoms. The Bertz CT molecular complexity index is 568. The van der Waals surface area contributed by atoms with E-state index in [9.17, 15) is 4.79 Å². The summed E-state index contributed by atoms with van der Waals surface area (Å²) >= 11 is 0. The molecule has 0 saturated carbocycles. The van der Waals surface area contributed by atoms with Gasteiger partial charge in [0.1, 0.15) is 6.26 Å². The summed E-state index contributed by atoms with van der Waals surface area (Å²) in [6.07, 6.45) is 5.79. The molecule has 2 aromatic rings. The van der Waals surface area contributed by atoms with E-state index in [0.717, 1.165) is 38.2 Å². The highest BCUT2D eigenvalue weighted by atomic mass is 16.5. The maximum Gasteiger partial charge on any atom is 0.257 e. The fourth-order valence-electron chi connectivity index (χ4n) is 2.59. The highest BCUT2D eigenvalue weighted by molar-refractivity contribution is 5.93. The maximum atomic E-state index is 12.2. The Morgan fingerprint density at radius 1 is 1.45 bits per heavy atom. The molecule has 0 bridgehead atoms. The Kier molecular flexibility index (Phi) is 3.54. The molecule has 1 amide bonds. The van der Waals surface area contributed by atoms with Gasteiger partial charge in [-0.3, -0.25) is 4.79 Å². The lowest BCUT2D eigenvalue weighted by molar-refractivity contribution is 0.0689. The maximum absolute atomic E-state index is 12.2. The zero-order chi connectivity index (χ0) is 13.9. The second-order valence-corrected chi connectivity index (χ2v) is 5.18. The van der Waals surface area contributed by atoms with Crippen LogP contribution < -0.4 is 0 Å². The molecule has 0 N–H and O–H groups in total. The minimum Gasteiger partial charge on any atom is -0.472 e. The van der Waals surface area contributed by atoms with Crippen LogP contribution in [0.2, 0.25) is 0 Å². The number of likely N-dealkylation sites (tertiary alicyclic amines) is 1. The zero-order valence-corrected chi connectivity index (χ0v) is 11.4. The number of aromatic nitrogens is 2. The monoisotopic (exact) mass is 275 g/mol. The van der Waals surface area contributed by atoms with Gasteiger partial charge in [0.15, 0.2) is 5.82 Å². The van der Waals surface area contributed by atoms with Crippen LogP contribution in [0.3, 0.4) is 0 Å². The average molecular weight is 275 g/mol. The van der Waals surface area contributed by atoms with E-state index in [1.807, 2.05) is 4.90 Å². The molecular formula is C14H17N3O3. The van der Waals surface area contributed by atoms with Crippen LogP contribution in [0, 0.1) is 12.8 Å². The Morgan fingerprint density at radius 2 is 2.25 bits per heavy atom. The van der Waals surface area contributed by atoms with E-state index in [-0.39, 0.29) is 5.91 Å². The van der Waals surface area contributed by atoms with E-state index in [1.165, 1.54) is 12.5 Å². The highest BCUT2D eigenvalue weighted by Crippen LogP contribution is 2.22. The normalized spacial score (nSPS) is 16.6. The van der Waals surface area contributed by atoms with Crippen molar-refractivity contribution in [2.45, 2.75) is 26.2 Å². The van der Waals surface area contributed by atoms with Crippen molar-refractivity contribution in [3.8, 4) is 0 Å². The molecule has 1 aliphatic heterocycles. The predicted molar refractivity (Wildman–Crippen MR) is 70.1 cm³/mol. The summed E-state index contributed by atoms with van der Waals surface area (Å²) in [5, 5.41) is 3.93. The van der Waals surface area contributed by atoms with Crippen molar-refractivity contribution < 1.29 is 13.7 Å². The lowest BCUT2D eigenvalue weighted by atomic mass is 9.93. The van der Waals surface area contributed by atoms with Crippen LogP contribution in [0.5, 0.6) is 0 Å². The lowest BCUT2D eigenvalue weighted by Crippen LogP contribution is -2.38. The standard InChI is InChI=1S/C14H17N3O3/c1-10-15-13(16-20-10)8-11-2-5-17(6-3-11)14(18)12-4-7-19-9-12/h4,7,9,11H,2-3,5-6,8H2,1H3. The van der Waals surface area contributed by atoms with E-state index in [0.29, 0.717) is 17.4 Å². The summed E-state index contributed by atoms with van der Waals surface area (Å²) in [5.74, 6) is 1.93. The van der Waals surface area contributed by atoms with Crippen LogP contribution in [-0.2, 0) is 6.42 Å². The molecule has 6 heteroatoms. The van der Waals surface area contributed by atoms with E-state index in [1.54, 1.807) is 13.0 Å². The van der Waals surface area contributed by atoms with Crippen LogP contribution in [0.15, 0.2) is 27.5 Å². The van der Waals surface area contributed by atoms with Gasteiger partial charge in [-0.15, -0.1) is 0 Å². The van der Waals surface area contributed by atoms with E-state index in [4.69, 9.17) is 8.94 Å². The summed E-state index contributed by atoms with van der Waals surface area (Å²) in [6.45, 7) is 3.33. The molecule has 0 aliphatic carbocycles. The number of aryl methyl sites for hydroxylation is 1. The lowest BCUT2D eigenvalue weighted by Gasteiger charge is -2.31. The zero-order valence-electron chi connectivity index (χ0n) is 11.4. The summed E-state index contributed by atoms with van der Waals surface area (Å²) in [7, 11) is 0. The molecule has 0 unspecified atom stereocenters. The molecule has 1 aliphatic rings. The predicted octanol–water partition coefficient (Wildman–Crippen LogP) is 2.07. The minimum absolute atomic E-state index is 0.0487. The molecule has 0 aromatic carbocycles. The Labute approximate surface area is 116 Å². The second-order valence-electron chi connectivity index (χ2n) is 5.18. The van der Waals surface area contributed by atoms with Crippen LogP contribution >= 0.6 is 0 Å². The Balaban J connectivity index is 1.53. The highest BCUT2D eigenvalue weighted by Gasteiger charge is 2.25.